The zero-order chi connectivity index (χ0) is 13.5. The maximum atomic E-state index is 5.43. The second-order valence-corrected chi connectivity index (χ2v) is 4.34. The van der Waals surface area contributed by atoms with Gasteiger partial charge in [-0.05, 0) is 12.1 Å². The molecule has 100 valence electrons. The molecule has 0 amide bonds. The van der Waals surface area contributed by atoms with Crippen LogP contribution in [-0.4, -0.2) is 14.2 Å². The van der Waals surface area contributed by atoms with Crippen LogP contribution >= 0.6 is 0 Å². The van der Waals surface area contributed by atoms with Gasteiger partial charge < -0.3 is 14.8 Å². The summed E-state index contributed by atoms with van der Waals surface area (Å²) in [7, 11) is 3.34. The van der Waals surface area contributed by atoms with Crippen LogP contribution in [0.15, 0.2) is 48.5 Å². The summed E-state index contributed by atoms with van der Waals surface area (Å²) >= 11 is 0. The zero-order valence-corrected chi connectivity index (χ0v) is 11.4. The Morgan fingerprint density at radius 2 is 1.63 bits per heavy atom. The number of benzene rings is 2. The number of para-hydroxylation sites is 1. The van der Waals surface area contributed by atoms with Crippen molar-refractivity contribution >= 4 is 0 Å². The van der Waals surface area contributed by atoms with Gasteiger partial charge in [-0.1, -0.05) is 36.4 Å². The highest BCUT2D eigenvalue weighted by Crippen LogP contribution is 2.29. The largest absolute Gasteiger partial charge is 0.493 e. The van der Waals surface area contributed by atoms with Gasteiger partial charge in [0.15, 0.2) is 11.5 Å². The van der Waals surface area contributed by atoms with E-state index in [-0.39, 0.29) is 0 Å². The van der Waals surface area contributed by atoms with Crippen molar-refractivity contribution < 1.29 is 14.8 Å². The van der Waals surface area contributed by atoms with Crippen molar-refractivity contribution in [2.75, 3.05) is 14.2 Å². The Morgan fingerprint density at radius 3 is 2.32 bits per heavy atom. The van der Waals surface area contributed by atoms with Crippen LogP contribution in [0, 0.1) is 0 Å². The lowest BCUT2D eigenvalue weighted by Crippen LogP contribution is -2.80. The molecule has 0 saturated carbocycles. The van der Waals surface area contributed by atoms with Gasteiger partial charge in [-0.3, -0.25) is 0 Å². The fourth-order valence-electron chi connectivity index (χ4n) is 2.12. The highest BCUT2D eigenvalue weighted by Gasteiger charge is 2.10. The molecule has 0 aliphatic heterocycles. The molecule has 3 nitrogen and oxygen atoms in total. The van der Waals surface area contributed by atoms with E-state index < -0.39 is 0 Å². The number of ether oxygens (including phenoxy) is 2. The Kier molecular flexibility index (Phi) is 4.81. The van der Waals surface area contributed by atoms with Crippen molar-refractivity contribution in [3.05, 3.63) is 59.7 Å². The van der Waals surface area contributed by atoms with Crippen molar-refractivity contribution in [2.45, 2.75) is 13.1 Å². The summed E-state index contributed by atoms with van der Waals surface area (Å²) in [6, 6.07) is 16.4. The lowest BCUT2D eigenvalue weighted by atomic mass is 10.1. The van der Waals surface area contributed by atoms with E-state index in [9.17, 15) is 0 Å². The molecule has 2 aromatic rings. The van der Waals surface area contributed by atoms with Crippen LogP contribution in [0.25, 0.3) is 0 Å². The summed E-state index contributed by atoms with van der Waals surface area (Å²) in [4.78, 5) is 0. The summed E-state index contributed by atoms with van der Waals surface area (Å²) < 4.78 is 10.7. The third-order valence-electron chi connectivity index (χ3n) is 3.07. The second-order valence-electron chi connectivity index (χ2n) is 4.34. The van der Waals surface area contributed by atoms with E-state index in [2.05, 4.69) is 35.6 Å². The fraction of sp³-hybridized carbons (Fsp3) is 0.250. The fourth-order valence-corrected chi connectivity index (χ4v) is 2.12. The average molecular weight is 258 g/mol. The minimum Gasteiger partial charge on any atom is -0.493 e. The molecule has 0 unspecified atom stereocenters. The molecule has 0 bridgehead atoms. The summed E-state index contributed by atoms with van der Waals surface area (Å²) in [6.07, 6.45) is 0. The van der Waals surface area contributed by atoms with Crippen molar-refractivity contribution in [3.8, 4) is 11.5 Å². The molecule has 0 atom stereocenters. The third kappa shape index (κ3) is 3.48. The number of rotatable bonds is 6. The maximum Gasteiger partial charge on any atom is 0.169 e. The number of hydrogen-bond acceptors (Lipinski definition) is 2. The van der Waals surface area contributed by atoms with Gasteiger partial charge in [-0.15, -0.1) is 0 Å². The zero-order valence-electron chi connectivity index (χ0n) is 11.4. The molecule has 2 rings (SSSR count). The summed E-state index contributed by atoms with van der Waals surface area (Å²) in [5, 5.41) is 2.26. The molecule has 0 heterocycles. The third-order valence-corrected chi connectivity index (χ3v) is 3.07. The van der Waals surface area contributed by atoms with Crippen LogP contribution in [-0.2, 0) is 13.1 Å². The van der Waals surface area contributed by atoms with Crippen LogP contribution < -0.4 is 14.8 Å². The van der Waals surface area contributed by atoms with Gasteiger partial charge in [0.25, 0.3) is 0 Å². The molecule has 0 fully saturated rings. The van der Waals surface area contributed by atoms with E-state index in [0.29, 0.717) is 0 Å². The topological polar surface area (TPSA) is 35.1 Å². The molecular weight excluding hydrogens is 238 g/mol. The van der Waals surface area contributed by atoms with E-state index in [4.69, 9.17) is 9.47 Å². The Bertz CT molecular complexity index is 511. The Morgan fingerprint density at radius 1 is 0.842 bits per heavy atom. The van der Waals surface area contributed by atoms with Crippen molar-refractivity contribution in [3.63, 3.8) is 0 Å². The molecule has 0 saturated heterocycles. The number of nitrogens with two attached hydrogens (primary N) is 1. The number of hydrogen-bond donors (Lipinski definition) is 1. The van der Waals surface area contributed by atoms with Crippen molar-refractivity contribution in [1.82, 2.24) is 0 Å². The van der Waals surface area contributed by atoms with Gasteiger partial charge in [0.1, 0.15) is 13.1 Å². The highest BCUT2D eigenvalue weighted by atomic mass is 16.5. The van der Waals surface area contributed by atoms with Gasteiger partial charge in [-0.2, -0.15) is 0 Å². The Balaban J connectivity index is 2.00. The predicted octanol–water partition coefficient (Wildman–Crippen LogP) is 1.97. The van der Waals surface area contributed by atoms with Crippen LogP contribution in [0.5, 0.6) is 11.5 Å². The normalized spacial score (nSPS) is 10.2. The molecule has 0 radical (unpaired) electrons. The SMILES string of the molecule is COc1cccc(C[NH2+]Cc2ccccc2)c1OC. The van der Waals surface area contributed by atoms with E-state index in [1.807, 2.05) is 18.2 Å². The average Bonchev–Trinajstić information content (AvgIpc) is 2.48. The standard InChI is InChI=1S/C16H19NO2/c1-18-15-10-6-9-14(16(15)19-2)12-17-11-13-7-4-3-5-8-13/h3-10,17H,11-12H2,1-2H3/p+1. The minimum atomic E-state index is 0.785. The predicted molar refractivity (Wildman–Crippen MR) is 75.3 cm³/mol. The molecule has 3 heteroatoms. The summed E-state index contributed by atoms with van der Waals surface area (Å²) in [6.45, 7) is 1.83. The van der Waals surface area contributed by atoms with E-state index in [1.54, 1.807) is 14.2 Å². The van der Waals surface area contributed by atoms with Crippen molar-refractivity contribution in [2.24, 2.45) is 0 Å². The van der Waals surface area contributed by atoms with Gasteiger partial charge >= 0.3 is 0 Å². The lowest BCUT2D eigenvalue weighted by Gasteiger charge is -2.11. The van der Waals surface area contributed by atoms with E-state index >= 15 is 0 Å². The van der Waals surface area contributed by atoms with E-state index in [0.717, 1.165) is 30.2 Å². The smallest absolute Gasteiger partial charge is 0.169 e. The van der Waals surface area contributed by atoms with Crippen LogP contribution in [0.3, 0.4) is 0 Å². The second kappa shape index (κ2) is 6.81. The summed E-state index contributed by atoms with van der Waals surface area (Å²) in [5.74, 6) is 1.61. The molecule has 0 aromatic heterocycles. The van der Waals surface area contributed by atoms with E-state index in [1.165, 1.54) is 5.56 Å². The quantitative estimate of drug-likeness (QED) is 0.859. The van der Waals surface area contributed by atoms with Gasteiger partial charge in [0, 0.05) is 5.56 Å². The first kappa shape index (κ1) is 13.4. The van der Waals surface area contributed by atoms with Crippen LogP contribution in [0.1, 0.15) is 11.1 Å². The van der Waals surface area contributed by atoms with Crippen LogP contribution in [0.4, 0.5) is 0 Å². The van der Waals surface area contributed by atoms with Crippen LogP contribution in [0.2, 0.25) is 0 Å². The molecule has 2 N–H and O–H groups in total. The molecule has 0 aliphatic rings. The first-order chi connectivity index (χ1) is 9.35. The van der Waals surface area contributed by atoms with Gasteiger partial charge in [0.2, 0.25) is 0 Å². The molecule has 0 aliphatic carbocycles. The summed E-state index contributed by atoms with van der Waals surface area (Å²) in [5.41, 5.74) is 2.47. The first-order valence-electron chi connectivity index (χ1n) is 6.40. The number of methoxy groups -OCH3 is 2. The Labute approximate surface area is 114 Å². The number of quaternary nitrogens is 1. The monoisotopic (exact) mass is 258 g/mol. The molecule has 0 spiro atoms. The highest BCUT2D eigenvalue weighted by molar-refractivity contribution is 5.46. The minimum absolute atomic E-state index is 0.785. The lowest BCUT2D eigenvalue weighted by molar-refractivity contribution is -0.686. The van der Waals surface area contributed by atoms with Crippen molar-refractivity contribution in [1.29, 1.82) is 0 Å². The molecular formula is C16H20NO2+. The Hall–Kier alpha value is -2.00. The van der Waals surface area contributed by atoms with Gasteiger partial charge in [0.05, 0.1) is 19.8 Å². The van der Waals surface area contributed by atoms with Gasteiger partial charge in [-0.25, -0.2) is 0 Å². The maximum absolute atomic E-state index is 5.43. The molecule has 2 aromatic carbocycles. The first-order valence-corrected chi connectivity index (χ1v) is 6.40. The molecule has 19 heavy (non-hydrogen) atoms.